The van der Waals surface area contributed by atoms with Gasteiger partial charge in [0, 0.05) is 45.7 Å². The largest absolute Gasteiger partial charge is 0.530 e. The number of carbonyl (C=O) groups is 1. The number of likely N-dealkylation sites (tertiary alicyclic amines) is 1. The van der Waals surface area contributed by atoms with Crippen LogP contribution in [0, 0.1) is 0 Å². The average Bonchev–Trinajstić information content (AvgIpc) is 3.09. The topological polar surface area (TPSA) is 89.5 Å². The molecule has 4 aromatic carbocycles. The lowest BCUT2D eigenvalue weighted by atomic mass is 9.87. The van der Waals surface area contributed by atoms with Crippen LogP contribution < -0.4 is 14.6 Å². The van der Waals surface area contributed by atoms with Gasteiger partial charge in [-0.1, -0.05) is 86.4 Å². The van der Waals surface area contributed by atoms with Crippen molar-refractivity contribution in [3.63, 3.8) is 0 Å². The summed E-state index contributed by atoms with van der Waals surface area (Å²) in [5.41, 5.74) is 3.16. The maximum atomic E-state index is 11.7. The van der Waals surface area contributed by atoms with E-state index < -0.39 is 14.2 Å². The molecule has 1 aliphatic rings. The van der Waals surface area contributed by atoms with Crippen LogP contribution in [-0.2, 0) is 27.4 Å². The Kier molecular flexibility index (Phi) is 12.9. The highest BCUT2D eigenvalue weighted by atomic mass is 28.3. The van der Waals surface area contributed by atoms with Gasteiger partial charge in [-0.25, -0.2) is 0 Å². The summed E-state index contributed by atoms with van der Waals surface area (Å²) in [5.74, 6) is 1.63. The van der Waals surface area contributed by atoms with Gasteiger partial charge in [0.25, 0.3) is 0 Å². The summed E-state index contributed by atoms with van der Waals surface area (Å²) >= 11 is 0. The number of hydrogen-bond acceptors (Lipinski definition) is 7. The van der Waals surface area contributed by atoms with E-state index in [1.165, 1.54) is 10.3 Å². The van der Waals surface area contributed by atoms with E-state index in [2.05, 4.69) is 62.1 Å². The Balaban J connectivity index is 1.06. The molecular formula is C39H48NO7Si-. The Morgan fingerprint density at radius 3 is 2.40 bits per heavy atom. The van der Waals surface area contributed by atoms with Crippen molar-refractivity contribution in [2.24, 2.45) is 0 Å². The lowest BCUT2D eigenvalue weighted by Gasteiger charge is -2.40. The number of ether oxygens (including phenoxy) is 5. The van der Waals surface area contributed by atoms with E-state index in [-0.39, 0.29) is 25.4 Å². The Morgan fingerprint density at radius 1 is 0.833 bits per heavy atom. The van der Waals surface area contributed by atoms with Gasteiger partial charge < -0.3 is 38.5 Å². The van der Waals surface area contributed by atoms with Crippen molar-refractivity contribution in [1.29, 1.82) is 0 Å². The third-order valence-corrected chi connectivity index (χ3v) is 10.3. The number of nitrogens with zero attached hydrogens (tertiary/aromatic N) is 1. The Labute approximate surface area is 285 Å². The zero-order chi connectivity index (χ0) is 33.8. The summed E-state index contributed by atoms with van der Waals surface area (Å²) in [4.78, 5) is 13.0. The van der Waals surface area contributed by atoms with Crippen LogP contribution in [0.15, 0.2) is 91.0 Å². The number of rotatable bonds is 17. The van der Waals surface area contributed by atoms with Gasteiger partial charge in [-0.05, 0) is 58.6 Å². The van der Waals surface area contributed by atoms with Crippen molar-refractivity contribution in [3.8, 4) is 11.5 Å². The van der Waals surface area contributed by atoms with Gasteiger partial charge in [0.1, 0.15) is 17.6 Å². The fourth-order valence-electron chi connectivity index (χ4n) is 5.82. The molecule has 2 unspecified atom stereocenters. The molecule has 1 amide bonds. The standard InChI is InChI=1S/C39H49NO7Si/c1-48(2,3)24-23-44-29-47-37-12-7-6-11-34(37)28-43-21-8-22-45-35-17-15-32(16-18-35)36-19-20-40(39(41)42)26-38(36)46-27-30-13-14-31-9-4-5-10-33(31)25-30/h4-7,9-18,25,36,38H,8,19-24,26-29H2,1-3H3,(H,41,42)/p-1. The van der Waals surface area contributed by atoms with E-state index >= 15 is 0 Å². The summed E-state index contributed by atoms with van der Waals surface area (Å²) in [6.45, 7) is 10.6. The molecule has 0 saturated carbocycles. The molecule has 0 N–H and O–H groups in total. The predicted molar refractivity (Wildman–Crippen MR) is 189 cm³/mol. The predicted octanol–water partition coefficient (Wildman–Crippen LogP) is 7.23. The maximum Gasteiger partial charge on any atom is 0.189 e. The number of amides is 1. The highest BCUT2D eigenvalue weighted by molar-refractivity contribution is 6.76. The first-order chi connectivity index (χ1) is 23.2. The zero-order valence-corrected chi connectivity index (χ0v) is 29.4. The maximum absolute atomic E-state index is 11.7. The average molecular weight is 671 g/mol. The van der Waals surface area contributed by atoms with Crippen molar-refractivity contribution in [2.75, 3.05) is 39.7 Å². The minimum atomic E-state index is -1.16. The van der Waals surface area contributed by atoms with Crippen LogP contribution >= 0.6 is 0 Å². The van der Waals surface area contributed by atoms with E-state index in [4.69, 9.17) is 23.7 Å². The molecule has 0 radical (unpaired) electrons. The summed E-state index contributed by atoms with van der Waals surface area (Å²) < 4.78 is 29.9. The fourth-order valence-corrected chi connectivity index (χ4v) is 6.57. The molecule has 5 rings (SSSR count). The van der Waals surface area contributed by atoms with E-state index in [9.17, 15) is 9.90 Å². The van der Waals surface area contributed by atoms with Crippen LogP contribution in [0.4, 0.5) is 4.79 Å². The molecule has 1 aliphatic heterocycles. The number of fused-ring (bicyclic) bond motifs is 1. The smallest absolute Gasteiger partial charge is 0.189 e. The molecule has 4 aromatic rings. The second-order valence-corrected chi connectivity index (χ2v) is 19.2. The SMILES string of the molecule is C[Si](C)(C)CCOCOc1ccccc1COCCCOc1ccc(C2CCN(C(=O)[O-])CC2OCc2ccc3ccccc3c2)cc1. The number of piperidine rings is 1. The molecule has 0 aliphatic carbocycles. The number of para-hydroxylation sites is 1. The van der Waals surface area contributed by atoms with Gasteiger partial charge in [-0.2, -0.15) is 0 Å². The monoisotopic (exact) mass is 670 g/mol. The van der Waals surface area contributed by atoms with Crippen LogP contribution in [0.25, 0.3) is 10.8 Å². The number of carboxylic acid groups (broad SMARTS) is 1. The molecule has 2 atom stereocenters. The fraction of sp³-hybridized carbons (Fsp3) is 0.410. The van der Waals surface area contributed by atoms with E-state index in [1.807, 2.05) is 48.5 Å². The molecule has 9 heteroatoms. The number of benzene rings is 4. The second-order valence-electron chi connectivity index (χ2n) is 13.6. The van der Waals surface area contributed by atoms with Crippen LogP contribution in [-0.4, -0.2) is 64.9 Å². The molecule has 256 valence electrons. The number of hydrogen-bond donors (Lipinski definition) is 0. The molecule has 48 heavy (non-hydrogen) atoms. The van der Waals surface area contributed by atoms with Crippen LogP contribution in [0.3, 0.4) is 0 Å². The molecule has 8 nitrogen and oxygen atoms in total. The van der Waals surface area contributed by atoms with Crippen molar-refractivity contribution >= 4 is 24.9 Å². The van der Waals surface area contributed by atoms with Gasteiger partial charge in [0.15, 0.2) is 6.79 Å². The highest BCUT2D eigenvalue weighted by Gasteiger charge is 2.31. The Hall–Kier alpha value is -3.89. The molecule has 1 fully saturated rings. The normalized spacial score (nSPS) is 16.6. The van der Waals surface area contributed by atoms with Crippen molar-refractivity contribution in [2.45, 2.75) is 63.8 Å². The third-order valence-electron chi connectivity index (χ3n) is 8.63. The summed E-state index contributed by atoms with van der Waals surface area (Å²) in [6.07, 6.45) is -0.0362. The highest BCUT2D eigenvalue weighted by Crippen LogP contribution is 2.32. The summed E-state index contributed by atoms with van der Waals surface area (Å²) in [5, 5.41) is 14.0. The zero-order valence-electron chi connectivity index (χ0n) is 28.4. The minimum Gasteiger partial charge on any atom is -0.530 e. The van der Waals surface area contributed by atoms with Gasteiger partial charge in [0.2, 0.25) is 0 Å². The third kappa shape index (κ3) is 10.8. The van der Waals surface area contributed by atoms with Crippen molar-refractivity contribution < 1.29 is 33.6 Å². The molecule has 1 saturated heterocycles. The van der Waals surface area contributed by atoms with E-state index in [0.29, 0.717) is 39.4 Å². The van der Waals surface area contributed by atoms with Gasteiger partial charge >= 0.3 is 0 Å². The van der Waals surface area contributed by atoms with Gasteiger partial charge in [0.05, 0.1) is 32.5 Å². The van der Waals surface area contributed by atoms with Crippen molar-refractivity contribution in [3.05, 3.63) is 108 Å². The Bertz CT molecular complexity index is 1590. The van der Waals surface area contributed by atoms with Crippen LogP contribution in [0.2, 0.25) is 25.7 Å². The molecule has 0 aromatic heterocycles. The quantitative estimate of drug-likeness (QED) is 0.0665. The number of carbonyl (C=O) groups excluding carboxylic acids is 1. The first-order valence-electron chi connectivity index (χ1n) is 16.9. The lowest BCUT2D eigenvalue weighted by molar-refractivity contribution is -0.268. The molecule has 0 spiro atoms. The van der Waals surface area contributed by atoms with Gasteiger partial charge in [-0.3, -0.25) is 0 Å². The van der Waals surface area contributed by atoms with Crippen molar-refractivity contribution in [1.82, 2.24) is 4.90 Å². The second kappa shape index (κ2) is 17.5. The summed E-state index contributed by atoms with van der Waals surface area (Å²) in [6, 6.07) is 31.6. The van der Waals surface area contributed by atoms with Gasteiger partial charge in [-0.15, -0.1) is 0 Å². The molecule has 1 heterocycles. The Morgan fingerprint density at radius 2 is 1.60 bits per heavy atom. The summed E-state index contributed by atoms with van der Waals surface area (Å²) in [7, 11) is -1.12. The first kappa shape index (κ1) is 35.4. The molecular weight excluding hydrogens is 623 g/mol. The minimum absolute atomic E-state index is 0.0621. The lowest BCUT2D eigenvalue weighted by Crippen LogP contribution is -2.51. The molecule has 0 bridgehead atoms. The van der Waals surface area contributed by atoms with Crippen LogP contribution in [0.5, 0.6) is 11.5 Å². The van der Waals surface area contributed by atoms with E-state index in [1.54, 1.807) is 0 Å². The first-order valence-corrected chi connectivity index (χ1v) is 20.6. The van der Waals surface area contributed by atoms with Crippen LogP contribution in [0.1, 0.15) is 35.4 Å². The van der Waals surface area contributed by atoms with E-state index in [0.717, 1.165) is 52.6 Å².